The first-order valence-corrected chi connectivity index (χ1v) is 16.0. The molecule has 18 nitrogen and oxygen atoms in total. The van der Waals surface area contributed by atoms with Gasteiger partial charge in [-0.15, -0.1) is 0 Å². The number of aldehydes is 1. The van der Waals surface area contributed by atoms with Crippen LogP contribution in [-0.2, 0) is 28.8 Å². The van der Waals surface area contributed by atoms with Gasteiger partial charge in [-0.05, 0) is 5.92 Å². The molecular weight excluding hydrogens is 636 g/mol. The van der Waals surface area contributed by atoms with Gasteiger partial charge in [0.1, 0.15) is 6.29 Å². The first kappa shape index (κ1) is 46.9. The van der Waals surface area contributed by atoms with E-state index in [0.717, 1.165) is 13.4 Å². The maximum atomic E-state index is 11.7. The zero-order chi connectivity index (χ0) is 37.2. The Bertz CT molecular complexity index is 925. The van der Waals surface area contributed by atoms with E-state index in [1.165, 1.54) is 9.80 Å². The van der Waals surface area contributed by atoms with Gasteiger partial charge in [-0.2, -0.15) is 0 Å². The lowest BCUT2D eigenvalue weighted by Crippen LogP contribution is -2.53. The molecule has 6 N–H and O–H groups in total. The standard InChI is InChI=1S/C27H48N6O11.C2H6.CH4O/c1-21(2)22(33(19-26(41)42)20-27(43)44)15-30-8-6-29(13-14-34)4-3-28(5-9-31(11-10-30)16-23(35)36)7-12-32(17-24(37)38)18-25(39)40;2*1-2/h14,21-22H,3-13,15-20H2,1-2H3,(H,35,36)(H,37,38)(H,39,40)(H,41,42)(H,43,44);1-2H3;2H,1H3. The normalized spacial score (nSPS) is 16.4. The van der Waals surface area contributed by atoms with Crippen LogP contribution in [0, 0.1) is 5.92 Å². The van der Waals surface area contributed by atoms with Crippen LogP contribution in [0.5, 0.6) is 0 Å². The van der Waals surface area contributed by atoms with Gasteiger partial charge in [-0.1, -0.05) is 27.7 Å². The van der Waals surface area contributed by atoms with Gasteiger partial charge in [-0.25, -0.2) is 0 Å². The third-order valence-corrected chi connectivity index (χ3v) is 7.43. The number of carbonyl (C=O) groups is 6. The molecule has 0 aromatic heterocycles. The second-order valence-corrected chi connectivity index (χ2v) is 11.3. The highest BCUT2D eigenvalue weighted by Crippen LogP contribution is 2.14. The van der Waals surface area contributed by atoms with Gasteiger partial charge >= 0.3 is 29.8 Å². The second-order valence-electron chi connectivity index (χ2n) is 11.3. The fraction of sp³-hybridized carbons (Fsp3) is 0.800. The number of carboxylic acid groups (broad SMARTS) is 5. The van der Waals surface area contributed by atoms with Crippen molar-refractivity contribution < 1.29 is 59.4 Å². The summed E-state index contributed by atoms with van der Waals surface area (Å²) in [5, 5.41) is 53.7. The molecule has 0 saturated carbocycles. The molecule has 0 radical (unpaired) electrons. The second kappa shape index (κ2) is 27.7. The number of rotatable bonds is 19. The molecule has 1 rings (SSSR count). The average molecular weight is 695 g/mol. The van der Waals surface area contributed by atoms with Gasteiger partial charge in [0.25, 0.3) is 0 Å². The van der Waals surface area contributed by atoms with Gasteiger partial charge in [0.15, 0.2) is 0 Å². The van der Waals surface area contributed by atoms with E-state index in [1.807, 2.05) is 42.4 Å². The van der Waals surface area contributed by atoms with Crippen molar-refractivity contribution in [2.45, 2.75) is 33.7 Å². The molecule has 1 fully saturated rings. The molecule has 0 aromatic rings. The third-order valence-electron chi connectivity index (χ3n) is 7.43. The molecule has 0 bridgehead atoms. The van der Waals surface area contributed by atoms with Crippen LogP contribution in [0.3, 0.4) is 0 Å². The molecule has 1 atom stereocenters. The number of aliphatic hydroxyl groups excluding tert-OH is 1. The molecule has 280 valence electrons. The molecule has 0 aromatic carbocycles. The summed E-state index contributed by atoms with van der Waals surface area (Å²) in [6, 6.07) is -0.419. The van der Waals surface area contributed by atoms with E-state index >= 15 is 0 Å². The molecular formula is C30H58N6O12. The molecule has 1 aliphatic heterocycles. The van der Waals surface area contributed by atoms with Crippen LogP contribution >= 0.6 is 0 Å². The highest BCUT2D eigenvalue weighted by atomic mass is 16.4. The Labute approximate surface area is 283 Å². The number of hydrogen-bond acceptors (Lipinski definition) is 13. The Kier molecular flexibility index (Phi) is 27.0. The molecule has 1 unspecified atom stereocenters. The Morgan fingerprint density at radius 1 is 0.625 bits per heavy atom. The summed E-state index contributed by atoms with van der Waals surface area (Å²) in [7, 11) is 1.00. The van der Waals surface area contributed by atoms with E-state index in [1.54, 1.807) is 4.90 Å². The van der Waals surface area contributed by atoms with Gasteiger partial charge in [0.05, 0.1) is 39.3 Å². The fourth-order valence-corrected chi connectivity index (χ4v) is 5.15. The summed E-state index contributed by atoms with van der Waals surface area (Å²) in [5.74, 6) is -5.70. The number of carbonyl (C=O) groups excluding carboxylic acids is 1. The van der Waals surface area contributed by atoms with Gasteiger partial charge in [-0.3, -0.25) is 53.4 Å². The maximum Gasteiger partial charge on any atom is 0.317 e. The molecule has 0 spiro atoms. The number of hydrogen-bond donors (Lipinski definition) is 6. The van der Waals surface area contributed by atoms with Crippen molar-refractivity contribution in [3.63, 3.8) is 0 Å². The average Bonchev–Trinajstić information content (AvgIpc) is 2.99. The number of aliphatic hydroxyl groups is 1. The highest BCUT2D eigenvalue weighted by Gasteiger charge is 2.29. The maximum absolute atomic E-state index is 11.7. The minimum absolute atomic E-state index is 0.0911. The van der Waals surface area contributed by atoms with Crippen LogP contribution in [0.4, 0.5) is 0 Å². The van der Waals surface area contributed by atoms with Crippen molar-refractivity contribution in [3.05, 3.63) is 0 Å². The molecule has 0 aliphatic carbocycles. The summed E-state index contributed by atoms with van der Waals surface area (Å²) in [6.07, 6.45) is 0.787. The molecule has 18 heteroatoms. The van der Waals surface area contributed by atoms with E-state index in [-0.39, 0.29) is 25.6 Å². The summed E-state index contributed by atoms with van der Waals surface area (Å²) in [6.45, 7) is 10.1. The predicted octanol–water partition coefficient (Wildman–Crippen LogP) is -1.91. The highest BCUT2D eigenvalue weighted by molar-refractivity contribution is 5.73. The van der Waals surface area contributed by atoms with E-state index in [2.05, 4.69) is 0 Å². The Morgan fingerprint density at radius 3 is 1.40 bits per heavy atom. The summed E-state index contributed by atoms with van der Waals surface area (Å²) < 4.78 is 0. The van der Waals surface area contributed by atoms with Gasteiger partial charge in [0.2, 0.25) is 0 Å². The molecule has 1 saturated heterocycles. The number of aliphatic carboxylic acids is 5. The topological polar surface area (TPSA) is 243 Å². The van der Waals surface area contributed by atoms with E-state index in [0.29, 0.717) is 65.4 Å². The van der Waals surface area contributed by atoms with Crippen molar-refractivity contribution in [2.24, 2.45) is 5.92 Å². The monoisotopic (exact) mass is 694 g/mol. The molecule has 48 heavy (non-hydrogen) atoms. The molecule has 1 aliphatic rings. The lowest BCUT2D eigenvalue weighted by Gasteiger charge is -2.38. The lowest BCUT2D eigenvalue weighted by atomic mass is 10.0. The van der Waals surface area contributed by atoms with Gasteiger partial charge < -0.3 is 35.4 Å². The van der Waals surface area contributed by atoms with Crippen LogP contribution in [0.25, 0.3) is 0 Å². The summed E-state index contributed by atoms with van der Waals surface area (Å²) in [5.41, 5.74) is 0. The van der Waals surface area contributed by atoms with Crippen molar-refractivity contribution >= 4 is 36.1 Å². The van der Waals surface area contributed by atoms with E-state index < -0.39 is 62.1 Å². The van der Waals surface area contributed by atoms with Crippen LogP contribution in [0.15, 0.2) is 0 Å². The van der Waals surface area contributed by atoms with Crippen molar-refractivity contribution in [2.75, 3.05) is 118 Å². The SMILES string of the molecule is CC.CC(C)C(CN1CCN(CC=O)CCN(CCN(CC(=O)O)CC(=O)O)CCN(CC(=O)O)CC1)N(CC(=O)O)CC(=O)O.CO. The Hall–Kier alpha value is -3.26. The van der Waals surface area contributed by atoms with Crippen LogP contribution < -0.4 is 0 Å². The fourth-order valence-electron chi connectivity index (χ4n) is 5.15. The number of nitrogens with zero attached hydrogens (tertiary/aromatic N) is 6. The number of carboxylic acids is 5. The van der Waals surface area contributed by atoms with Crippen molar-refractivity contribution in [3.8, 4) is 0 Å². The Balaban J connectivity index is 0. The van der Waals surface area contributed by atoms with Crippen LogP contribution in [-0.4, -0.2) is 221 Å². The smallest absolute Gasteiger partial charge is 0.317 e. The minimum Gasteiger partial charge on any atom is -0.480 e. The first-order valence-electron chi connectivity index (χ1n) is 16.0. The molecule has 0 amide bonds. The van der Waals surface area contributed by atoms with Crippen LogP contribution in [0.2, 0.25) is 0 Å². The quantitative estimate of drug-likeness (QED) is 0.0808. The van der Waals surface area contributed by atoms with E-state index in [9.17, 15) is 44.1 Å². The van der Waals surface area contributed by atoms with Crippen LogP contribution in [0.1, 0.15) is 27.7 Å². The van der Waals surface area contributed by atoms with Gasteiger partial charge in [0, 0.05) is 85.1 Å². The van der Waals surface area contributed by atoms with E-state index in [4.69, 9.17) is 15.3 Å². The van der Waals surface area contributed by atoms with Crippen molar-refractivity contribution in [1.82, 2.24) is 29.4 Å². The summed E-state index contributed by atoms with van der Waals surface area (Å²) in [4.78, 5) is 79.1. The first-order chi connectivity index (χ1) is 22.7. The Morgan fingerprint density at radius 2 is 1.02 bits per heavy atom. The minimum atomic E-state index is -1.15. The van der Waals surface area contributed by atoms with Crippen molar-refractivity contribution in [1.29, 1.82) is 0 Å². The molecule has 1 heterocycles. The zero-order valence-electron chi connectivity index (χ0n) is 29.1. The third kappa shape index (κ3) is 23.1. The predicted molar refractivity (Wildman–Crippen MR) is 176 cm³/mol. The lowest BCUT2D eigenvalue weighted by molar-refractivity contribution is -0.144. The summed E-state index contributed by atoms with van der Waals surface area (Å²) >= 11 is 0. The largest absolute Gasteiger partial charge is 0.480 e. The zero-order valence-corrected chi connectivity index (χ0v) is 29.1.